The third-order valence-electron chi connectivity index (χ3n) is 6.51. The molecule has 0 spiro atoms. The van der Waals surface area contributed by atoms with Crippen LogP contribution in [0.1, 0.15) is 39.0 Å². The van der Waals surface area contributed by atoms with Crippen LogP contribution >= 0.6 is 0 Å². The molecule has 3 aliphatic rings. The summed E-state index contributed by atoms with van der Waals surface area (Å²) in [5.41, 5.74) is 1.11. The van der Waals surface area contributed by atoms with Gasteiger partial charge in [-0.05, 0) is 36.5 Å². The Morgan fingerprint density at radius 3 is 2.53 bits per heavy atom. The van der Waals surface area contributed by atoms with Crippen molar-refractivity contribution in [3.63, 3.8) is 0 Å². The molecule has 0 amide bonds. The Bertz CT molecular complexity index is 387. The molecule has 19 heavy (non-hydrogen) atoms. The lowest BCUT2D eigenvalue weighted by Crippen LogP contribution is -2.41. The Morgan fingerprint density at radius 2 is 2.00 bits per heavy atom. The largest absolute Gasteiger partial charge is 0.396 e. The van der Waals surface area contributed by atoms with Gasteiger partial charge in [-0.2, -0.15) is 0 Å². The van der Waals surface area contributed by atoms with Crippen molar-refractivity contribution in [2.75, 3.05) is 13.7 Å². The molecule has 2 N–H and O–H groups in total. The van der Waals surface area contributed by atoms with Crippen LogP contribution in [0.25, 0.3) is 0 Å². The zero-order valence-corrected chi connectivity index (χ0v) is 12.1. The molecule has 3 aliphatic carbocycles. The highest BCUT2D eigenvalue weighted by molar-refractivity contribution is 5.33. The minimum Gasteiger partial charge on any atom is -0.396 e. The highest BCUT2D eigenvalue weighted by atomic mass is 16.6. The lowest BCUT2D eigenvalue weighted by atomic mass is 9.61. The van der Waals surface area contributed by atoms with E-state index in [9.17, 15) is 10.2 Å². The van der Waals surface area contributed by atoms with Gasteiger partial charge in [-0.25, -0.2) is 0 Å². The monoisotopic (exact) mass is 266 g/mol. The van der Waals surface area contributed by atoms with Crippen LogP contribution in [0, 0.1) is 29.1 Å². The normalized spacial score (nSPS) is 50.3. The van der Waals surface area contributed by atoms with Crippen molar-refractivity contribution in [1.29, 1.82) is 0 Å². The van der Waals surface area contributed by atoms with Crippen LogP contribution in [0.4, 0.5) is 0 Å². The first-order valence-corrected chi connectivity index (χ1v) is 7.57. The number of hydrogen-bond acceptors (Lipinski definition) is 3. The Kier molecular flexibility index (Phi) is 3.08. The van der Waals surface area contributed by atoms with Gasteiger partial charge in [0.1, 0.15) is 0 Å². The van der Waals surface area contributed by atoms with Gasteiger partial charge in [-0.15, -0.1) is 0 Å². The van der Waals surface area contributed by atoms with Gasteiger partial charge < -0.3 is 14.9 Å². The van der Waals surface area contributed by atoms with Crippen LogP contribution in [0.3, 0.4) is 0 Å². The van der Waals surface area contributed by atoms with E-state index in [0.29, 0.717) is 5.92 Å². The molecule has 3 heteroatoms. The Hall–Kier alpha value is -0.380. The lowest BCUT2D eigenvalue weighted by Gasteiger charge is -2.43. The molecule has 0 aromatic heterocycles. The number of hydrogen-bond donors (Lipinski definition) is 2. The predicted octanol–water partition coefficient (Wildman–Crippen LogP) is 2.33. The Balaban J connectivity index is 2.00. The van der Waals surface area contributed by atoms with Crippen LogP contribution in [0.2, 0.25) is 0 Å². The van der Waals surface area contributed by atoms with E-state index in [1.165, 1.54) is 25.7 Å². The maximum Gasteiger partial charge on any atom is 0.175 e. The summed E-state index contributed by atoms with van der Waals surface area (Å²) in [5, 5.41) is 20.5. The number of fused-ring (bicyclic) bond motifs is 2. The van der Waals surface area contributed by atoms with Crippen molar-refractivity contribution in [1.82, 2.24) is 0 Å². The molecule has 5 unspecified atom stereocenters. The predicted molar refractivity (Wildman–Crippen MR) is 73.3 cm³/mol. The van der Waals surface area contributed by atoms with Gasteiger partial charge in [-0.3, -0.25) is 0 Å². The van der Waals surface area contributed by atoms with Gasteiger partial charge in [0.15, 0.2) is 5.79 Å². The summed E-state index contributed by atoms with van der Waals surface area (Å²) >= 11 is 0. The first-order valence-electron chi connectivity index (χ1n) is 7.57. The van der Waals surface area contributed by atoms with E-state index in [4.69, 9.17) is 4.74 Å². The van der Waals surface area contributed by atoms with Crippen molar-refractivity contribution in [3.05, 3.63) is 12.2 Å². The van der Waals surface area contributed by atoms with E-state index in [1.807, 2.05) is 0 Å². The van der Waals surface area contributed by atoms with Crippen molar-refractivity contribution in [2.45, 2.75) is 44.8 Å². The molecular weight excluding hydrogens is 240 g/mol. The third kappa shape index (κ3) is 1.50. The summed E-state index contributed by atoms with van der Waals surface area (Å²) in [4.78, 5) is 0. The molecule has 108 valence electrons. The summed E-state index contributed by atoms with van der Waals surface area (Å²) in [6.45, 7) is 6.71. The fourth-order valence-corrected chi connectivity index (χ4v) is 5.45. The average Bonchev–Trinajstić information content (AvgIpc) is 3.06. The molecule has 3 fully saturated rings. The van der Waals surface area contributed by atoms with Gasteiger partial charge in [-0.1, -0.05) is 31.9 Å². The minimum atomic E-state index is -1.11. The van der Waals surface area contributed by atoms with E-state index in [0.717, 1.165) is 12.0 Å². The molecule has 0 radical (unpaired) electrons. The molecule has 3 saturated carbocycles. The molecule has 3 rings (SSSR count). The zero-order valence-electron chi connectivity index (χ0n) is 12.1. The second kappa shape index (κ2) is 4.31. The Morgan fingerprint density at radius 1 is 1.37 bits per heavy atom. The van der Waals surface area contributed by atoms with E-state index >= 15 is 0 Å². The van der Waals surface area contributed by atoms with Gasteiger partial charge in [0.2, 0.25) is 0 Å². The first-order chi connectivity index (χ1) is 9.00. The zero-order chi connectivity index (χ0) is 13.8. The molecule has 3 nitrogen and oxygen atoms in total. The molecule has 0 aliphatic heterocycles. The van der Waals surface area contributed by atoms with Gasteiger partial charge in [0.05, 0.1) is 0 Å². The van der Waals surface area contributed by atoms with Crippen LogP contribution in [0.5, 0.6) is 0 Å². The lowest BCUT2D eigenvalue weighted by molar-refractivity contribution is -0.225. The summed E-state index contributed by atoms with van der Waals surface area (Å²) in [5.74, 6) is -0.393. The number of aliphatic hydroxyl groups is 2. The number of methoxy groups -OCH3 is 1. The van der Waals surface area contributed by atoms with E-state index in [1.54, 1.807) is 7.11 Å². The molecule has 0 aromatic carbocycles. The topological polar surface area (TPSA) is 49.7 Å². The third-order valence-corrected chi connectivity index (χ3v) is 6.51. The summed E-state index contributed by atoms with van der Waals surface area (Å²) in [6, 6.07) is 0. The molecule has 2 bridgehead atoms. The quantitative estimate of drug-likeness (QED) is 0.609. The van der Waals surface area contributed by atoms with Gasteiger partial charge in [0.25, 0.3) is 0 Å². The molecular formula is C16H26O3. The standard InChI is InChI=1S/C16H26O3/c1-10-14-11(9-17)8-13(16(14,18)19-3)15(10,2)12-6-4-5-7-12/h11-14,17-18H,1,4-9H2,2-3H3. The van der Waals surface area contributed by atoms with Gasteiger partial charge >= 0.3 is 0 Å². The van der Waals surface area contributed by atoms with Crippen LogP contribution in [-0.2, 0) is 4.74 Å². The summed E-state index contributed by atoms with van der Waals surface area (Å²) < 4.78 is 5.53. The molecule has 0 saturated heterocycles. The van der Waals surface area contributed by atoms with E-state index in [-0.39, 0.29) is 29.8 Å². The number of aliphatic hydroxyl groups excluding tert-OH is 1. The second-order valence-electron chi connectivity index (χ2n) is 6.95. The maximum absolute atomic E-state index is 11.0. The minimum absolute atomic E-state index is 0.0163. The number of ether oxygens (including phenoxy) is 1. The van der Waals surface area contributed by atoms with Crippen molar-refractivity contribution < 1.29 is 14.9 Å². The molecule has 0 heterocycles. The van der Waals surface area contributed by atoms with Crippen molar-refractivity contribution in [2.24, 2.45) is 29.1 Å². The maximum atomic E-state index is 11.0. The van der Waals surface area contributed by atoms with E-state index in [2.05, 4.69) is 13.5 Å². The average molecular weight is 266 g/mol. The van der Waals surface area contributed by atoms with E-state index < -0.39 is 5.79 Å². The smallest absolute Gasteiger partial charge is 0.175 e. The van der Waals surface area contributed by atoms with Gasteiger partial charge in [0, 0.05) is 25.6 Å². The summed E-state index contributed by atoms with van der Waals surface area (Å²) in [7, 11) is 1.59. The van der Waals surface area contributed by atoms with Crippen LogP contribution in [0.15, 0.2) is 12.2 Å². The molecule has 0 aromatic rings. The highest BCUT2D eigenvalue weighted by Crippen LogP contribution is 2.69. The first kappa shape index (κ1) is 13.6. The molecule has 5 atom stereocenters. The fraction of sp³-hybridized carbons (Fsp3) is 0.875. The van der Waals surface area contributed by atoms with Crippen LogP contribution in [-0.4, -0.2) is 29.7 Å². The fourth-order valence-electron chi connectivity index (χ4n) is 5.45. The number of rotatable bonds is 3. The second-order valence-corrected chi connectivity index (χ2v) is 6.95. The van der Waals surface area contributed by atoms with Crippen molar-refractivity contribution >= 4 is 0 Å². The highest BCUT2D eigenvalue weighted by Gasteiger charge is 2.70. The van der Waals surface area contributed by atoms with Crippen LogP contribution < -0.4 is 0 Å². The SMILES string of the molecule is C=C1C2C(CO)CC(C2(O)OC)C1(C)C1CCCC1. The summed E-state index contributed by atoms with van der Waals surface area (Å²) in [6.07, 6.45) is 5.92. The van der Waals surface area contributed by atoms with Crippen molar-refractivity contribution in [3.8, 4) is 0 Å². The Labute approximate surface area is 115 Å².